The van der Waals surface area contributed by atoms with Crippen LogP contribution < -0.4 is 0 Å². The molecule has 0 heterocycles. The molecule has 9 heteroatoms. The van der Waals surface area contributed by atoms with Crippen molar-refractivity contribution in [2.75, 3.05) is 0 Å². The monoisotopic (exact) mass is 204 g/mol. The van der Waals surface area contributed by atoms with Gasteiger partial charge < -0.3 is 15.3 Å². The van der Waals surface area contributed by atoms with Gasteiger partial charge in [0.15, 0.2) is 0 Å². The Bertz CT molecular complexity index is 206. The van der Waals surface area contributed by atoms with Gasteiger partial charge in [-0.1, -0.05) is 0 Å². The molecule has 0 fully saturated rings. The molecule has 0 atom stereocenters. The van der Waals surface area contributed by atoms with Crippen molar-refractivity contribution in [3.63, 3.8) is 0 Å². The van der Waals surface area contributed by atoms with Crippen LogP contribution in [0.1, 0.15) is 0 Å². The Morgan fingerprint density at radius 1 is 0.846 bits per heavy atom. The Morgan fingerprint density at radius 3 is 1.00 bits per heavy atom. The van der Waals surface area contributed by atoms with Crippen molar-refractivity contribution in [3.05, 3.63) is 0 Å². The Balaban J connectivity index is 0. The molecule has 0 spiro atoms. The summed E-state index contributed by atoms with van der Waals surface area (Å²) in [6.07, 6.45) is -5.08. The minimum atomic E-state index is -5.08. The molecule has 0 aliphatic rings. The minimum Gasteiger partial charge on any atom is -0.475 e. The predicted molar refractivity (Wildman–Crippen MR) is 29.0 cm³/mol. The first-order valence-corrected chi connectivity index (χ1v) is 2.35. The lowest BCUT2D eigenvalue weighted by molar-refractivity contribution is -0.192. The van der Waals surface area contributed by atoms with Crippen LogP contribution >= 0.6 is 0 Å². The van der Waals surface area contributed by atoms with Crippen molar-refractivity contribution in [1.82, 2.24) is 0 Å². The second kappa shape index (κ2) is 4.95. The first-order chi connectivity index (χ1) is 5.59. The van der Waals surface area contributed by atoms with Gasteiger partial charge >= 0.3 is 24.1 Å². The van der Waals surface area contributed by atoms with Gasteiger partial charge in [-0.3, -0.25) is 0 Å². The fourth-order valence-electron chi connectivity index (χ4n) is 0. The van der Waals surface area contributed by atoms with Crippen LogP contribution in [0, 0.1) is 0 Å². The molecule has 0 aliphatic heterocycles. The maximum Gasteiger partial charge on any atom is 0.490 e. The van der Waals surface area contributed by atoms with E-state index >= 15 is 0 Å². The summed E-state index contributed by atoms with van der Waals surface area (Å²) in [4.78, 5) is 27.1. The average molecular weight is 204 g/mol. The molecule has 3 N–H and O–H groups in total. The number of halogens is 3. The van der Waals surface area contributed by atoms with Crippen molar-refractivity contribution < 1.29 is 42.9 Å². The molecule has 0 saturated heterocycles. The molecular weight excluding hydrogens is 201 g/mol. The second-order valence-electron chi connectivity index (χ2n) is 1.41. The third-order valence-corrected chi connectivity index (χ3v) is 0.425. The second-order valence-corrected chi connectivity index (χ2v) is 1.41. The Morgan fingerprint density at radius 2 is 1.00 bits per heavy atom. The lowest BCUT2D eigenvalue weighted by Gasteiger charge is -1.93. The zero-order chi connectivity index (χ0) is 11.2. The lowest BCUT2D eigenvalue weighted by atomic mass is 10.7. The first-order valence-electron chi connectivity index (χ1n) is 2.35. The van der Waals surface area contributed by atoms with Gasteiger partial charge in [-0.05, 0) is 0 Å². The van der Waals surface area contributed by atoms with Gasteiger partial charge in [0.1, 0.15) is 0 Å². The quantitative estimate of drug-likeness (QED) is 0.470. The molecule has 76 valence electrons. The van der Waals surface area contributed by atoms with Crippen LogP contribution in [-0.2, 0) is 14.4 Å². The summed E-state index contributed by atoms with van der Waals surface area (Å²) in [7, 11) is 0. The molecule has 0 saturated carbocycles. The molecule has 0 radical (unpaired) electrons. The SMILES string of the molecule is O=C(O)C(=O)O.O=C(O)C(F)(F)F. The van der Waals surface area contributed by atoms with Crippen LogP contribution in [0.4, 0.5) is 13.2 Å². The average Bonchev–Trinajstić information content (AvgIpc) is 1.86. The highest BCUT2D eigenvalue weighted by atomic mass is 19.4. The normalized spacial score (nSPS) is 9.46. The van der Waals surface area contributed by atoms with Crippen LogP contribution in [0.25, 0.3) is 0 Å². The zero-order valence-electron chi connectivity index (χ0n) is 5.70. The van der Waals surface area contributed by atoms with Gasteiger partial charge in [0.2, 0.25) is 0 Å². The molecule has 0 aromatic rings. The number of hydrogen-bond acceptors (Lipinski definition) is 3. The molecule has 0 amide bonds. The van der Waals surface area contributed by atoms with Gasteiger partial charge in [0.25, 0.3) is 0 Å². The van der Waals surface area contributed by atoms with Gasteiger partial charge in [-0.2, -0.15) is 13.2 Å². The lowest BCUT2D eigenvalue weighted by Crippen LogP contribution is -2.21. The van der Waals surface area contributed by atoms with Gasteiger partial charge in [-0.15, -0.1) is 0 Å². The van der Waals surface area contributed by atoms with Crippen molar-refractivity contribution in [1.29, 1.82) is 0 Å². The molecular formula is C4H3F3O6. The fourth-order valence-corrected chi connectivity index (χ4v) is 0. The molecule has 0 unspecified atom stereocenters. The molecule has 0 rings (SSSR count). The van der Waals surface area contributed by atoms with E-state index in [4.69, 9.17) is 29.7 Å². The Labute approximate surface area is 68.2 Å². The van der Waals surface area contributed by atoms with E-state index in [2.05, 4.69) is 0 Å². The number of alkyl halides is 3. The van der Waals surface area contributed by atoms with E-state index in [0.29, 0.717) is 0 Å². The largest absolute Gasteiger partial charge is 0.490 e. The molecule has 0 aromatic heterocycles. The molecule has 0 aromatic carbocycles. The fraction of sp³-hybridized carbons (Fsp3) is 0.250. The number of rotatable bonds is 0. The molecule has 0 bridgehead atoms. The van der Waals surface area contributed by atoms with Gasteiger partial charge in [0, 0.05) is 0 Å². The van der Waals surface area contributed by atoms with E-state index < -0.39 is 24.1 Å². The van der Waals surface area contributed by atoms with Gasteiger partial charge in [0.05, 0.1) is 0 Å². The highest BCUT2D eigenvalue weighted by Crippen LogP contribution is 2.13. The van der Waals surface area contributed by atoms with Crippen molar-refractivity contribution in [2.24, 2.45) is 0 Å². The molecule has 0 aliphatic carbocycles. The van der Waals surface area contributed by atoms with Crippen molar-refractivity contribution >= 4 is 17.9 Å². The first kappa shape index (κ1) is 13.8. The summed E-state index contributed by atoms with van der Waals surface area (Å²) in [6.45, 7) is 0. The summed E-state index contributed by atoms with van der Waals surface area (Å²) in [5, 5.41) is 21.9. The number of carbonyl (C=O) groups is 3. The van der Waals surface area contributed by atoms with Crippen LogP contribution in [0.5, 0.6) is 0 Å². The number of hydrogen-bond donors (Lipinski definition) is 3. The predicted octanol–water partition coefficient (Wildman–Crippen LogP) is -0.211. The smallest absolute Gasteiger partial charge is 0.475 e. The maximum atomic E-state index is 10.6. The summed E-state index contributed by atoms with van der Waals surface area (Å²) < 4.78 is 31.7. The standard InChI is InChI=1S/C2HF3O2.C2H2O4/c3-2(4,5)1(6)7;3-1(4)2(5)6/h(H,6,7);(H,3,4)(H,5,6). The maximum absolute atomic E-state index is 10.6. The zero-order valence-corrected chi connectivity index (χ0v) is 5.70. The summed E-state index contributed by atoms with van der Waals surface area (Å²) >= 11 is 0. The third kappa shape index (κ3) is 10.2. The Hall–Kier alpha value is -1.80. The number of carboxylic acids is 3. The summed E-state index contributed by atoms with van der Waals surface area (Å²) in [5.74, 6) is -6.41. The van der Waals surface area contributed by atoms with Crippen LogP contribution in [-0.4, -0.2) is 39.4 Å². The van der Waals surface area contributed by atoms with Crippen molar-refractivity contribution in [2.45, 2.75) is 6.18 Å². The number of aliphatic carboxylic acids is 3. The third-order valence-electron chi connectivity index (χ3n) is 0.425. The van der Waals surface area contributed by atoms with E-state index in [1.54, 1.807) is 0 Å². The van der Waals surface area contributed by atoms with Crippen LogP contribution in [0.2, 0.25) is 0 Å². The van der Waals surface area contributed by atoms with E-state index in [1.807, 2.05) is 0 Å². The van der Waals surface area contributed by atoms with E-state index in [-0.39, 0.29) is 0 Å². The summed E-state index contributed by atoms with van der Waals surface area (Å²) in [6, 6.07) is 0. The van der Waals surface area contributed by atoms with Gasteiger partial charge in [-0.25, -0.2) is 14.4 Å². The van der Waals surface area contributed by atoms with E-state index in [1.165, 1.54) is 0 Å². The van der Waals surface area contributed by atoms with Crippen LogP contribution in [0.3, 0.4) is 0 Å². The molecule has 6 nitrogen and oxygen atoms in total. The topological polar surface area (TPSA) is 112 Å². The van der Waals surface area contributed by atoms with E-state index in [0.717, 1.165) is 0 Å². The van der Waals surface area contributed by atoms with Crippen molar-refractivity contribution in [3.8, 4) is 0 Å². The minimum absolute atomic E-state index is 1.82. The summed E-state index contributed by atoms with van der Waals surface area (Å²) in [5.41, 5.74) is 0. The highest BCUT2D eigenvalue weighted by molar-refractivity contribution is 6.27. The van der Waals surface area contributed by atoms with Crippen LogP contribution in [0.15, 0.2) is 0 Å². The van der Waals surface area contributed by atoms with E-state index in [9.17, 15) is 13.2 Å². The highest BCUT2D eigenvalue weighted by Gasteiger charge is 2.38. The number of carboxylic acid groups (broad SMARTS) is 3. The Kier molecular flexibility index (Phi) is 5.25. The molecule has 13 heavy (non-hydrogen) atoms.